The van der Waals surface area contributed by atoms with Crippen LogP contribution in [-0.2, 0) is 9.53 Å². The third-order valence-corrected chi connectivity index (χ3v) is 6.53. The molecular formula is C36H44O5. The molecule has 0 aliphatic heterocycles. The highest BCUT2D eigenvalue weighted by atomic mass is 16.7. The first-order valence-electron chi connectivity index (χ1n) is 14.2. The minimum Gasteiger partial charge on any atom is -0.508 e. The van der Waals surface area contributed by atoms with Gasteiger partial charge in [0.2, 0.25) is 0 Å². The molecule has 0 amide bonds. The van der Waals surface area contributed by atoms with E-state index < -0.39 is 0 Å². The van der Waals surface area contributed by atoms with Gasteiger partial charge in [-0.05, 0) is 72.4 Å². The van der Waals surface area contributed by atoms with Gasteiger partial charge in [0.15, 0.2) is 6.29 Å². The van der Waals surface area contributed by atoms with E-state index in [4.69, 9.17) is 19.3 Å². The molecule has 1 atom stereocenters. The highest BCUT2D eigenvalue weighted by Crippen LogP contribution is 2.26. The van der Waals surface area contributed by atoms with Crippen molar-refractivity contribution in [1.82, 2.24) is 0 Å². The van der Waals surface area contributed by atoms with Gasteiger partial charge in [0, 0.05) is 6.92 Å². The third kappa shape index (κ3) is 14.2. The normalized spacial score (nSPS) is 13.2. The van der Waals surface area contributed by atoms with Crippen LogP contribution in [-0.4, -0.2) is 24.0 Å². The van der Waals surface area contributed by atoms with E-state index in [0.717, 1.165) is 35.0 Å². The zero-order valence-electron chi connectivity index (χ0n) is 24.5. The number of hydrogen-bond acceptors (Lipinski definition) is 5. The van der Waals surface area contributed by atoms with Gasteiger partial charge in [-0.25, -0.2) is 0 Å². The minimum atomic E-state index is -0.304. The molecule has 4 rings (SSSR count). The van der Waals surface area contributed by atoms with Crippen LogP contribution < -0.4 is 9.47 Å². The lowest BCUT2D eigenvalue weighted by molar-refractivity contribution is -0.131. The number of carbonyl (C=O) groups excluding carboxylic acids is 1. The van der Waals surface area contributed by atoms with Gasteiger partial charge < -0.3 is 19.3 Å². The van der Waals surface area contributed by atoms with Gasteiger partial charge in [0.1, 0.15) is 17.2 Å². The lowest BCUT2D eigenvalue weighted by atomic mass is 9.87. The van der Waals surface area contributed by atoms with E-state index in [1.54, 1.807) is 36.4 Å². The summed E-state index contributed by atoms with van der Waals surface area (Å²) < 4.78 is 16.4. The summed E-state index contributed by atoms with van der Waals surface area (Å²) in [6.07, 6.45) is 13.2. The number of phenolic OH excluding ortho intramolecular Hbond substituents is 1. The minimum absolute atomic E-state index is 0.187. The molecule has 3 aromatic rings. The van der Waals surface area contributed by atoms with Crippen molar-refractivity contribution < 1.29 is 24.1 Å². The van der Waals surface area contributed by atoms with Gasteiger partial charge in [0.25, 0.3) is 0 Å². The van der Waals surface area contributed by atoms with Crippen molar-refractivity contribution in [3.8, 4) is 17.2 Å². The predicted octanol–water partition coefficient (Wildman–Crippen LogP) is 9.33. The fourth-order valence-electron chi connectivity index (χ4n) is 4.23. The van der Waals surface area contributed by atoms with Crippen LogP contribution in [0.25, 0.3) is 18.2 Å². The Hall–Kier alpha value is -4.09. The van der Waals surface area contributed by atoms with Crippen LogP contribution >= 0.6 is 0 Å². The van der Waals surface area contributed by atoms with Crippen LogP contribution in [0.2, 0.25) is 0 Å². The number of rotatable bonds is 10. The fourth-order valence-corrected chi connectivity index (χ4v) is 4.23. The maximum absolute atomic E-state index is 10.5. The topological polar surface area (TPSA) is 65.0 Å². The van der Waals surface area contributed by atoms with Crippen molar-refractivity contribution >= 4 is 24.2 Å². The molecule has 0 saturated heterocycles. The summed E-state index contributed by atoms with van der Waals surface area (Å²) >= 11 is 0. The Morgan fingerprint density at radius 2 is 1.27 bits per heavy atom. The highest BCUT2D eigenvalue weighted by Gasteiger charge is 2.14. The predicted molar refractivity (Wildman–Crippen MR) is 170 cm³/mol. The van der Waals surface area contributed by atoms with Crippen LogP contribution in [0.1, 0.15) is 69.1 Å². The van der Waals surface area contributed by atoms with Gasteiger partial charge in [-0.1, -0.05) is 106 Å². The van der Waals surface area contributed by atoms with E-state index in [0.29, 0.717) is 11.5 Å². The lowest BCUT2D eigenvalue weighted by Crippen LogP contribution is -2.19. The van der Waals surface area contributed by atoms with Gasteiger partial charge in [-0.2, -0.15) is 0 Å². The SMILES string of the molecule is C=Cc1ccc(O)cc1.C=Cc1ccc(OC(C)=O)cc1.C=Cc1ccc(OC(C)OCCC2CCCCC2)cc1. The molecule has 5 nitrogen and oxygen atoms in total. The fraction of sp³-hybridized carbons (Fsp3) is 0.306. The number of benzene rings is 3. The smallest absolute Gasteiger partial charge is 0.308 e. The molecule has 0 heterocycles. The Morgan fingerprint density at radius 1 is 0.805 bits per heavy atom. The molecule has 218 valence electrons. The molecule has 1 aliphatic carbocycles. The van der Waals surface area contributed by atoms with Crippen LogP contribution in [0.4, 0.5) is 0 Å². The molecule has 1 saturated carbocycles. The molecule has 41 heavy (non-hydrogen) atoms. The molecule has 0 radical (unpaired) electrons. The summed E-state index contributed by atoms with van der Waals surface area (Å²) in [4.78, 5) is 10.5. The summed E-state index contributed by atoms with van der Waals surface area (Å²) in [5.74, 6) is 2.26. The number of aromatic hydroxyl groups is 1. The van der Waals surface area contributed by atoms with E-state index in [9.17, 15) is 4.79 Å². The lowest BCUT2D eigenvalue weighted by Gasteiger charge is -2.22. The summed E-state index contributed by atoms with van der Waals surface area (Å²) in [7, 11) is 0. The number of hydrogen-bond donors (Lipinski definition) is 1. The maximum atomic E-state index is 10.5. The molecule has 1 unspecified atom stereocenters. The van der Waals surface area contributed by atoms with Crippen molar-refractivity contribution in [2.75, 3.05) is 6.61 Å². The van der Waals surface area contributed by atoms with E-state index in [1.165, 1.54) is 45.4 Å². The second kappa shape index (κ2) is 19.1. The van der Waals surface area contributed by atoms with Crippen LogP contribution in [0.3, 0.4) is 0 Å². The zero-order valence-corrected chi connectivity index (χ0v) is 24.5. The van der Waals surface area contributed by atoms with Crippen molar-refractivity contribution in [2.24, 2.45) is 5.92 Å². The zero-order chi connectivity index (χ0) is 29.9. The summed E-state index contributed by atoms with van der Waals surface area (Å²) in [5.41, 5.74) is 3.13. The second-order valence-electron chi connectivity index (χ2n) is 9.78. The summed E-state index contributed by atoms with van der Waals surface area (Å²) in [6, 6.07) is 21.9. The maximum Gasteiger partial charge on any atom is 0.308 e. The third-order valence-electron chi connectivity index (χ3n) is 6.53. The molecule has 0 bridgehead atoms. The standard InChI is InChI=1S/C18H26O2.C10H10O2.C8H8O/c1-3-16-9-11-18(12-10-16)20-15(2)19-14-13-17-7-5-4-6-8-17;1-3-9-4-6-10(7-5-9)12-8(2)11;1-2-7-3-5-8(9)6-4-7/h3,9-12,15,17H,1,4-8,13-14H2,2H3;3-7H,1H2,2H3;2-6,9H,1H2. The monoisotopic (exact) mass is 556 g/mol. The van der Waals surface area contributed by atoms with Gasteiger partial charge in [0.05, 0.1) is 6.61 Å². The number of carbonyl (C=O) groups is 1. The molecule has 1 N–H and O–H groups in total. The van der Waals surface area contributed by atoms with Gasteiger partial charge >= 0.3 is 5.97 Å². The number of phenols is 1. The first-order chi connectivity index (χ1) is 19.8. The first-order valence-corrected chi connectivity index (χ1v) is 14.2. The average Bonchev–Trinajstić information content (AvgIpc) is 2.99. The Balaban J connectivity index is 0.000000237. The second-order valence-corrected chi connectivity index (χ2v) is 9.78. The Kier molecular flexibility index (Phi) is 15.4. The molecule has 1 fully saturated rings. The Morgan fingerprint density at radius 3 is 1.73 bits per heavy atom. The van der Waals surface area contributed by atoms with E-state index >= 15 is 0 Å². The Bertz CT molecular complexity index is 1170. The molecule has 0 spiro atoms. The van der Waals surface area contributed by atoms with Gasteiger partial charge in [-0.3, -0.25) is 4.79 Å². The van der Waals surface area contributed by atoms with Crippen LogP contribution in [0.5, 0.6) is 17.2 Å². The van der Waals surface area contributed by atoms with Crippen molar-refractivity contribution in [1.29, 1.82) is 0 Å². The molecule has 1 aliphatic rings. The average molecular weight is 557 g/mol. The molecule has 5 heteroatoms. The van der Waals surface area contributed by atoms with Crippen molar-refractivity contribution in [2.45, 2.75) is 58.7 Å². The highest BCUT2D eigenvalue weighted by molar-refractivity contribution is 5.69. The van der Waals surface area contributed by atoms with E-state index in [1.807, 2.05) is 61.5 Å². The molecular weight excluding hydrogens is 512 g/mol. The largest absolute Gasteiger partial charge is 0.508 e. The van der Waals surface area contributed by atoms with Crippen LogP contribution in [0.15, 0.2) is 92.5 Å². The van der Waals surface area contributed by atoms with Crippen LogP contribution in [0, 0.1) is 5.92 Å². The van der Waals surface area contributed by atoms with Crippen molar-refractivity contribution in [3.63, 3.8) is 0 Å². The van der Waals surface area contributed by atoms with E-state index in [2.05, 4.69) is 19.7 Å². The summed E-state index contributed by atoms with van der Waals surface area (Å²) in [6.45, 7) is 15.1. The Labute approximate surface area is 245 Å². The summed E-state index contributed by atoms with van der Waals surface area (Å²) in [5, 5.41) is 8.82. The van der Waals surface area contributed by atoms with Gasteiger partial charge in [-0.15, -0.1) is 0 Å². The number of esters is 1. The number of ether oxygens (including phenoxy) is 3. The quantitative estimate of drug-likeness (QED) is 0.153. The van der Waals surface area contributed by atoms with E-state index in [-0.39, 0.29) is 12.3 Å². The van der Waals surface area contributed by atoms with Crippen molar-refractivity contribution in [3.05, 3.63) is 109 Å². The molecule has 0 aromatic heterocycles. The first kappa shape index (κ1) is 33.1. The molecule has 3 aromatic carbocycles.